The number of aliphatic hydroxyl groups is 1. The van der Waals surface area contributed by atoms with Gasteiger partial charge in [0.25, 0.3) is 0 Å². The topological polar surface area (TPSA) is 97.4 Å². The summed E-state index contributed by atoms with van der Waals surface area (Å²) >= 11 is 7.91. The number of nitrogens with two attached hydrogens (primary N) is 1. The van der Waals surface area contributed by atoms with Gasteiger partial charge in [-0.2, -0.15) is 4.98 Å². The van der Waals surface area contributed by atoms with Gasteiger partial charge in [-0.15, -0.1) is 11.3 Å². The third-order valence-corrected chi connectivity index (χ3v) is 7.43. The molecule has 0 bridgehead atoms. The van der Waals surface area contributed by atoms with Crippen molar-refractivity contribution in [2.24, 2.45) is 0 Å². The lowest BCUT2D eigenvalue weighted by Crippen LogP contribution is -2.37. The molecule has 1 saturated heterocycles. The first-order valence-electron chi connectivity index (χ1n) is 9.81. The number of fused-ring (bicyclic) bond motifs is 2. The molecule has 30 heavy (non-hydrogen) atoms. The Morgan fingerprint density at radius 1 is 1.30 bits per heavy atom. The number of aromatic nitrogens is 3. The number of anilines is 3. The molecule has 2 aliphatic rings. The number of hydrogen-bond donors (Lipinski definition) is 2. The summed E-state index contributed by atoms with van der Waals surface area (Å²) in [5.74, 6) is 0.759. The molecule has 4 heterocycles. The summed E-state index contributed by atoms with van der Waals surface area (Å²) in [6.45, 7) is 3.93. The van der Waals surface area contributed by atoms with Crippen molar-refractivity contribution in [3.8, 4) is 0 Å². The van der Waals surface area contributed by atoms with Crippen molar-refractivity contribution in [3.63, 3.8) is 0 Å². The third kappa shape index (κ3) is 3.06. The van der Waals surface area contributed by atoms with Gasteiger partial charge in [0, 0.05) is 42.4 Å². The molecule has 1 spiro atoms. The van der Waals surface area contributed by atoms with Crippen LogP contribution >= 0.6 is 22.9 Å². The Kier molecular flexibility index (Phi) is 4.70. The lowest BCUT2D eigenvalue weighted by atomic mass is 9.75. The summed E-state index contributed by atoms with van der Waals surface area (Å²) in [6.07, 6.45) is 5.06. The van der Waals surface area contributed by atoms with E-state index in [4.69, 9.17) is 22.1 Å². The van der Waals surface area contributed by atoms with Crippen LogP contribution in [0.2, 0.25) is 5.02 Å². The zero-order valence-electron chi connectivity index (χ0n) is 16.5. The highest BCUT2D eigenvalue weighted by molar-refractivity contribution is 7.09. The molecule has 9 heteroatoms. The van der Waals surface area contributed by atoms with Gasteiger partial charge in [-0.05, 0) is 37.0 Å². The van der Waals surface area contributed by atoms with Gasteiger partial charge in [0.15, 0.2) is 5.82 Å². The van der Waals surface area contributed by atoms with E-state index >= 15 is 0 Å². The molecule has 5 rings (SSSR count). The van der Waals surface area contributed by atoms with Crippen LogP contribution in [-0.2, 0) is 15.8 Å². The summed E-state index contributed by atoms with van der Waals surface area (Å²) in [5.41, 5.74) is 7.59. The molecule has 7 nitrogen and oxygen atoms in total. The number of halogens is 1. The van der Waals surface area contributed by atoms with E-state index < -0.39 is 5.60 Å². The monoisotopic (exact) mass is 443 g/mol. The second kappa shape index (κ2) is 7.16. The van der Waals surface area contributed by atoms with Gasteiger partial charge in [-0.3, -0.25) is 0 Å². The lowest BCUT2D eigenvalue weighted by Gasteiger charge is -2.34. The van der Waals surface area contributed by atoms with Crippen LogP contribution in [0.25, 0.3) is 0 Å². The van der Waals surface area contributed by atoms with Crippen LogP contribution in [0, 0.1) is 0 Å². The van der Waals surface area contributed by atoms with Crippen LogP contribution in [-0.4, -0.2) is 39.8 Å². The highest BCUT2D eigenvalue weighted by atomic mass is 35.5. The largest absolute Gasteiger partial charge is 0.381 e. The number of rotatable bonds is 3. The Balaban J connectivity index is 1.66. The summed E-state index contributed by atoms with van der Waals surface area (Å²) in [4.78, 5) is 14.9. The van der Waals surface area contributed by atoms with Crippen LogP contribution in [0.5, 0.6) is 0 Å². The molecule has 2 aliphatic heterocycles. The lowest BCUT2D eigenvalue weighted by molar-refractivity contribution is 0.0557. The van der Waals surface area contributed by atoms with E-state index in [2.05, 4.69) is 25.9 Å². The van der Waals surface area contributed by atoms with Gasteiger partial charge in [0.05, 0.1) is 6.20 Å². The highest BCUT2D eigenvalue weighted by Crippen LogP contribution is 2.51. The number of benzene rings is 1. The van der Waals surface area contributed by atoms with Crippen molar-refractivity contribution >= 4 is 40.4 Å². The fourth-order valence-corrected chi connectivity index (χ4v) is 5.42. The van der Waals surface area contributed by atoms with Crippen LogP contribution in [0.15, 0.2) is 36.0 Å². The van der Waals surface area contributed by atoms with Crippen molar-refractivity contribution in [3.05, 3.63) is 57.1 Å². The summed E-state index contributed by atoms with van der Waals surface area (Å²) in [5, 5.41) is 14.2. The van der Waals surface area contributed by atoms with E-state index in [1.54, 1.807) is 13.1 Å². The maximum absolute atomic E-state index is 11.3. The smallest absolute Gasteiger partial charge is 0.222 e. The first kappa shape index (κ1) is 19.7. The maximum atomic E-state index is 11.3. The quantitative estimate of drug-likeness (QED) is 0.637. The first-order valence-corrected chi connectivity index (χ1v) is 11.1. The molecule has 3 N–H and O–H groups in total. The Bertz CT molecular complexity index is 1080. The second-order valence-corrected chi connectivity index (χ2v) is 9.32. The van der Waals surface area contributed by atoms with Crippen LogP contribution in [0.1, 0.15) is 35.9 Å². The van der Waals surface area contributed by atoms with Crippen molar-refractivity contribution < 1.29 is 9.84 Å². The Morgan fingerprint density at radius 2 is 2.10 bits per heavy atom. The maximum Gasteiger partial charge on any atom is 0.222 e. The molecule has 1 unspecified atom stereocenters. The average molecular weight is 444 g/mol. The molecular formula is C21H22ClN5O2S. The van der Waals surface area contributed by atoms with Crippen LogP contribution in [0.4, 0.5) is 17.5 Å². The molecule has 0 saturated carbocycles. The Morgan fingerprint density at radius 3 is 2.83 bits per heavy atom. The van der Waals surface area contributed by atoms with Gasteiger partial charge in [-0.25, -0.2) is 9.97 Å². The molecule has 1 atom stereocenters. The van der Waals surface area contributed by atoms with Gasteiger partial charge in [-0.1, -0.05) is 23.7 Å². The van der Waals surface area contributed by atoms with Gasteiger partial charge in [0.2, 0.25) is 5.95 Å². The summed E-state index contributed by atoms with van der Waals surface area (Å²) < 4.78 is 5.64. The molecule has 1 fully saturated rings. The van der Waals surface area contributed by atoms with E-state index in [1.807, 2.05) is 17.5 Å². The van der Waals surface area contributed by atoms with Gasteiger partial charge in [0.1, 0.15) is 15.6 Å². The van der Waals surface area contributed by atoms with E-state index in [9.17, 15) is 5.11 Å². The van der Waals surface area contributed by atoms with Crippen molar-refractivity contribution in [1.82, 2.24) is 15.0 Å². The second-order valence-electron chi connectivity index (χ2n) is 8.02. The predicted molar refractivity (Wildman–Crippen MR) is 117 cm³/mol. The number of nitrogens with zero attached hydrogens (tertiary/aromatic N) is 4. The van der Waals surface area contributed by atoms with Crippen molar-refractivity contribution in [2.45, 2.75) is 30.8 Å². The highest BCUT2D eigenvalue weighted by Gasteiger charge is 2.45. The zero-order valence-corrected chi connectivity index (χ0v) is 18.1. The number of thiazole rings is 1. The summed E-state index contributed by atoms with van der Waals surface area (Å²) in [7, 11) is 0. The van der Waals surface area contributed by atoms with Gasteiger partial charge < -0.3 is 20.5 Å². The number of nitrogen functional groups attached to an aromatic ring is 1. The molecule has 0 amide bonds. The van der Waals surface area contributed by atoms with E-state index in [0.717, 1.165) is 30.6 Å². The van der Waals surface area contributed by atoms with E-state index in [0.29, 0.717) is 29.1 Å². The average Bonchev–Trinajstić information content (AvgIpc) is 3.39. The molecule has 3 aromatic rings. The van der Waals surface area contributed by atoms with Crippen molar-refractivity contribution in [2.75, 3.05) is 30.4 Å². The number of ether oxygens (including phenoxy) is 1. The molecular weight excluding hydrogens is 422 g/mol. The summed E-state index contributed by atoms with van der Waals surface area (Å²) in [6, 6.07) is 6.14. The van der Waals surface area contributed by atoms with Gasteiger partial charge >= 0.3 is 0 Å². The normalized spacial score (nSPS) is 19.6. The Hall–Kier alpha value is -2.26. The van der Waals surface area contributed by atoms with E-state index in [1.165, 1.54) is 23.1 Å². The fourth-order valence-electron chi connectivity index (χ4n) is 4.51. The molecule has 0 aliphatic carbocycles. The van der Waals surface area contributed by atoms with Crippen molar-refractivity contribution in [1.29, 1.82) is 0 Å². The minimum atomic E-state index is -1.20. The minimum absolute atomic E-state index is 0.0534. The third-order valence-electron chi connectivity index (χ3n) is 6.18. The first-order chi connectivity index (χ1) is 14.4. The van der Waals surface area contributed by atoms with E-state index in [-0.39, 0.29) is 11.4 Å². The zero-order chi connectivity index (χ0) is 20.9. The SMILES string of the molecule is CC(O)(c1ccc2c(c1)N(c1nc(N)ncc1Cl)CC21CCOCC1)c1nccs1. The molecule has 0 radical (unpaired) electrons. The number of hydrogen-bond acceptors (Lipinski definition) is 8. The minimum Gasteiger partial charge on any atom is -0.381 e. The molecule has 2 aromatic heterocycles. The predicted octanol–water partition coefficient (Wildman–Crippen LogP) is 3.62. The fraction of sp³-hybridized carbons (Fsp3) is 0.381. The standard InChI is InChI=1S/C21H22ClN5O2S/c1-20(28,18-24-6-9-30-18)13-2-3-14-16(10-13)27(12-21(14)4-7-29-8-5-21)17-15(22)11-25-19(23)26-17/h2-3,6,9-11,28H,4-5,7-8,12H2,1H3,(H2,23,25,26). The molecule has 156 valence electrons. The molecule has 1 aromatic carbocycles. The Labute approximate surface area is 183 Å². The van der Waals surface area contributed by atoms with Crippen LogP contribution < -0.4 is 10.6 Å². The van der Waals surface area contributed by atoms with Crippen LogP contribution in [0.3, 0.4) is 0 Å².